The summed E-state index contributed by atoms with van der Waals surface area (Å²) in [6.07, 6.45) is 3.84. The largest absolute Gasteiger partial charge is 0.460 e. The summed E-state index contributed by atoms with van der Waals surface area (Å²) in [5.41, 5.74) is 3.55. The summed E-state index contributed by atoms with van der Waals surface area (Å²) >= 11 is 0. The van der Waals surface area contributed by atoms with E-state index < -0.39 is 0 Å². The molecule has 0 radical (unpaired) electrons. The fourth-order valence-corrected chi connectivity index (χ4v) is 2.97. The van der Waals surface area contributed by atoms with E-state index in [1.165, 1.54) is 16.5 Å². The van der Waals surface area contributed by atoms with E-state index in [0.29, 0.717) is 6.04 Å². The average Bonchev–Trinajstić information content (AvgIpc) is 2.80. The molecule has 108 valence electrons. The van der Waals surface area contributed by atoms with Gasteiger partial charge in [-0.2, -0.15) is 0 Å². The molecule has 1 aromatic heterocycles. The molecule has 0 aliphatic heterocycles. The lowest BCUT2D eigenvalue weighted by Crippen LogP contribution is -2.34. The lowest BCUT2D eigenvalue weighted by atomic mass is 9.93. The maximum absolute atomic E-state index is 9.51. The highest BCUT2D eigenvalue weighted by Gasteiger charge is 2.19. The molecule has 0 saturated heterocycles. The van der Waals surface area contributed by atoms with Gasteiger partial charge in [0.05, 0.1) is 12.6 Å². The molecule has 0 spiro atoms. The molecule has 3 heteroatoms. The first-order valence-electron chi connectivity index (χ1n) is 7.53. The summed E-state index contributed by atoms with van der Waals surface area (Å²) in [5.74, 6) is 0.996. The fourth-order valence-electron chi connectivity index (χ4n) is 2.97. The second-order valence-electron chi connectivity index (χ2n) is 6.07. The number of aryl methyl sites for hydroxylation is 2. The topological polar surface area (TPSA) is 45.4 Å². The van der Waals surface area contributed by atoms with Crippen molar-refractivity contribution in [3.05, 3.63) is 35.1 Å². The molecular formula is C17H23NO2. The normalized spacial score (nSPS) is 23.4. The van der Waals surface area contributed by atoms with Gasteiger partial charge >= 0.3 is 0 Å². The van der Waals surface area contributed by atoms with Gasteiger partial charge in [-0.25, -0.2) is 0 Å². The molecule has 20 heavy (non-hydrogen) atoms. The Balaban J connectivity index is 1.66. The second-order valence-corrected chi connectivity index (χ2v) is 6.07. The van der Waals surface area contributed by atoms with Crippen molar-refractivity contribution in [1.29, 1.82) is 0 Å². The molecule has 0 bridgehead atoms. The highest BCUT2D eigenvalue weighted by molar-refractivity contribution is 5.79. The van der Waals surface area contributed by atoms with Gasteiger partial charge in [-0.05, 0) is 68.9 Å². The van der Waals surface area contributed by atoms with Crippen molar-refractivity contribution in [2.75, 3.05) is 0 Å². The van der Waals surface area contributed by atoms with E-state index in [2.05, 4.69) is 37.4 Å². The third kappa shape index (κ3) is 2.89. The Labute approximate surface area is 120 Å². The Morgan fingerprint density at radius 1 is 1.10 bits per heavy atom. The van der Waals surface area contributed by atoms with Crippen molar-refractivity contribution >= 4 is 11.0 Å². The molecule has 0 atom stereocenters. The van der Waals surface area contributed by atoms with Crippen LogP contribution in [0.5, 0.6) is 0 Å². The summed E-state index contributed by atoms with van der Waals surface area (Å²) in [7, 11) is 0. The monoisotopic (exact) mass is 273 g/mol. The summed E-state index contributed by atoms with van der Waals surface area (Å²) < 4.78 is 5.90. The SMILES string of the molecule is Cc1cc2cc(CNC3CCC(O)CC3)oc2cc1C. The van der Waals surface area contributed by atoms with Gasteiger partial charge in [0.15, 0.2) is 0 Å². The predicted octanol–water partition coefficient (Wildman–Crippen LogP) is 3.44. The van der Waals surface area contributed by atoms with Crippen LogP contribution in [0.15, 0.2) is 22.6 Å². The predicted molar refractivity (Wildman–Crippen MR) is 80.8 cm³/mol. The second kappa shape index (κ2) is 5.58. The minimum absolute atomic E-state index is 0.0924. The molecule has 2 N–H and O–H groups in total. The van der Waals surface area contributed by atoms with E-state index >= 15 is 0 Å². The first-order chi connectivity index (χ1) is 9.61. The smallest absolute Gasteiger partial charge is 0.134 e. The van der Waals surface area contributed by atoms with E-state index in [-0.39, 0.29) is 6.10 Å². The Kier molecular flexibility index (Phi) is 3.81. The van der Waals surface area contributed by atoms with Gasteiger partial charge in [0.2, 0.25) is 0 Å². The summed E-state index contributed by atoms with van der Waals surface area (Å²) in [5, 5.41) is 14.2. The van der Waals surface area contributed by atoms with Crippen molar-refractivity contribution in [2.45, 2.75) is 58.2 Å². The zero-order valence-corrected chi connectivity index (χ0v) is 12.3. The van der Waals surface area contributed by atoms with Crippen LogP contribution in [0.4, 0.5) is 0 Å². The number of aliphatic hydroxyl groups excluding tert-OH is 1. The summed E-state index contributed by atoms with van der Waals surface area (Å²) in [4.78, 5) is 0. The van der Waals surface area contributed by atoms with Gasteiger partial charge in [-0.1, -0.05) is 0 Å². The van der Waals surface area contributed by atoms with Crippen LogP contribution in [0.2, 0.25) is 0 Å². The number of hydrogen-bond donors (Lipinski definition) is 2. The Hall–Kier alpha value is -1.32. The average molecular weight is 273 g/mol. The Bertz CT molecular complexity index is 555. The maximum Gasteiger partial charge on any atom is 0.134 e. The van der Waals surface area contributed by atoms with Gasteiger partial charge in [-0.15, -0.1) is 0 Å². The van der Waals surface area contributed by atoms with Crippen LogP contribution in [-0.2, 0) is 6.54 Å². The minimum atomic E-state index is -0.0924. The molecule has 0 unspecified atom stereocenters. The molecule has 3 rings (SSSR count). The van der Waals surface area contributed by atoms with Crippen LogP contribution in [0.3, 0.4) is 0 Å². The fraction of sp³-hybridized carbons (Fsp3) is 0.529. The van der Waals surface area contributed by atoms with Gasteiger partial charge in [0.25, 0.3) is 0 Å². The van der Waals surface area contributed by atoms with Gasteiger partial charge < -0.3 is 14.8 Å². The van der Waals surface area contributed by atoms with Crippen LogP contribution < -0.4 is 5.32 Å². The van der Waals surface area contributed by atoms with E-state index in [1.54, 1.807) is 0 Å². The number of nitrogens with one attached hydrogen (secondary N) is 1. The van der Waals surface area contributed by atoms with E-state index in [9.17, 15) is 5.11 Å². The Morgan fingerprint density at radius 3 is 2.55 bits per heavy atom. The van der Waals surface area contributed by atoms with E-state index in [4.69, 9.17) is 4.42 Å². The number of benzene rings is 1. The number of aliphatic hydroxyl groups is 1. The van der Waals surface area contributed by atoms with E-state index in [1.807, 2.05) is 0 Å². The number of rotatable bonds is 3. The molecule has 1 aromatic carbocycles. The minimum Gasteiger partial charge on any atom is -0.460 e. The standard InChI is InChI=1S/C17H23NO2/c1-11-7-13-9-16(20-17(13)8-12(11)2)10-18-14-3-5-15(19)6-4-14/h7-9,14-15,18-19H,3-6,10H2,1-2H3. The van der Waals surface area contributed by atoms with Crippen molar-refractivity contribution in [1.82, 2.24) is 5.32 Å². The molecule has 3 nitrogen and oxygen atoms in total. The molecule has 1 saturated carbocycles. The van der Waals surface area contributed by atoms with Crippen LogP contribution in [0.25, 0.3) is 11.0 Å². The van der Waals surface area contributed by atoms with Gasteiger partial charge in [0, 0.05) is 11.4 Å². The summed E-state index contributed by atoms with van der Waals surface area (Å²) in [6.45, 7) is 5.02. The molecule has 1 aliphatic rings. The number of hydrogen-bond acceptors (Lipinski definition) is 3. The third-order valence-corrected chi connectivity index (χ3v) is 4.45. The van der Waals surface area contributed by atoms with Crippen molar-refractivity contribution in [3.63, 3.8) is 0 Å². The highest BCUT2D eigenvalue weighted by atomic mass is 16.3. The van der Waals surface area contributed by atoms with Crippen LogP contribution >= 0.6 is 0 Å². The van der Waals surface area contributed by atoms with Crippen molar-refractivity contribution in [2.24, 2.45) is 0 Å². The quantitative estimate of drug-likeness (QED) is 0.900. The number of furan rings is 1. The van der Waals surface area contributed by atoms with Crippen molar-refractivity contribution < 1.29 is 9.52 Å². The van der Waals surface area contributed by atoms with Crippen LogP contribution in [-0.4, -0.2) is 17.3 Å². The lowest BCUT2D eigenvalue weighted by Gasteiger charge is -2.25. The molecule has 1 aliphatic carbocycles. The molecule has 1 heterocycles. The first kappa shape index (κ1) is 13.7. The highest BCUT2D eigenvalue weighted by Crippen LogP contribution is 2.24. The molecule has 0 amide bonds. The zero-order valence-electron chi connectivity index (χ0n) is 12.3. The number of fused-ring (bicyclic) bond motifs is 1. The molecule has 2 aromatic rings. The van der Waals surface area contributed by atoms with Gasteiger partial charge in [0.1, 0.15) is 11.3 Å². The summed E-state index contributed by atoms with van der Waals surface area (Å²) in [6, 6.07) is 6.95. The zero-order chi connectivity index (χ0) is 14.1. The lowest BCUT2D eigenvalue weighted by molar-refractivity contribution is 0.116. The third-order valence-electron chi connectivity index (χ3n) is 4.45. The maximum atomic E-state index is 9.51. The van der Waals surface area contributed by atoms with Crippen LogP contribution in [0.1, 0.15) is 42.6 Å². The molecule has 1 fully saturated rings. The molecular weight excluding hydrogens is 250 g/mol. The van der Waals surface area contributed by atoms with Crippen LogP contribution in [0, 0.1) is 13.8 Å². The van der Waals surface area contributed by atoms with Crippen molar-refractivity contribution in [3.8, 4) is 0 Å². The van der Waals surface area contributed by atoms with Gasteiger partial charge in [-0.3, -0.25) is 0 Å². The van der Waals surface area contributed by atoms with E-state index in [0.717, 1.165) is 43.6 Å². The Morgan fingerprint density at radius 2 is 1.80 bits per heavy atom. The first-order valence-corrected chi connectivity index (χ1v) is 7.53.